The number of hydrogen-bond donors (Lipinski definition) is 0. The molecule has 18 heavy (non-hydrogen) atoms. The average Bonchev–Trinajstić information content (AvgIpc) is 2.95. The minimum Gasteiger partial charge on any atom is -0.361 e. The van der Waals surface area contributed by atoms with Gasteiger partial charge in [-0.15, -0.1) is 0 Å². The normalized spacial score (nSPS) is 27.8. The molecule has 1 amide bonds. The van der Waals surface area contributed by atoms with Crippen LogP contribution in [0, 0.1) is 6.92 Å². The molecule has 2 aliphatic rings. The van der Waals surface area contributed by atoms with E-state index < -0.39 is 0 Å². The van der Waals surface area contributed by atoms with Gasteiger partial charge in [-0.3, -0.25) is 9.69 Å². The van der Waals surface area contributed by atoms with Gasteiger partial charge >= 0.3 is 0 Å². The van der Waals surface area contributed by atoms with Gasteiger partial charge < -0.3 is 9.42 Å². The van der Waals surface area contributed by atoms with E-state index in [1.807, 2.05) is 4.90 Å². The largest absolute Gasteiger partial charge is 0.361 e. The van der Waals surface area contributed by atoms with E-state index >= 15 is 0 Å². The molecule has 0 bridgehead atoms. The fraction of sp³-hybridized carbons (Fsp3) is 0.692. The summed E-state index contributed by atoms with van der Waals surface area (Å²) in [4.78, 5) is 16.7. The van der Waals surface area contributed by atoms with E-state index in [9.17, 15) is 4.79 Å². The topological polar surface area (TPSA) is 49.6 Å². The highest BCUT2D eigenvalue weighted by Gasteiger charge is 2.49. The molecule has 0 N–H and O–H groups in total. The van der Waals surface area contributed by atoms with Crippen LogP contribution in [0.5, 0.6) is 0 Å². The Labute approximate surface area is 107 Å². The van der Waals surface area contributed by atoms with Crippen LogP contribution in [0.3, 0.4) is 0 Å². The summed E-state index contributed by atoms with van der Waals surface area (Å²) in [5.74, 6) is 0.692. The van der Waals surface area contributed by atoms with Gasteiger partial charge in [0, 0.05) is 31.2 Å². The van der Waals surface area contributed by atoms with E-state index in [-0.39, 0.29) is 11.4 Å². The number of rotatable bonds is 2. The number of carbonyl (C=O) groups is 1. The minimum atomic E-state index is 0.00618. The van der Waals surface area contributed by atoms with E-state index in [4.69, 9.17) is 4.52 Å². The van der Waals surface area contributed by atoms with E-state index in [1.54, 1.807) is 13.0 Å². The van der Waals surface area contributed by atoms with Crippen molar-refractivity contribution in [3.8, 4) is 0 Å². The molecular formula is C13H19N3O2. The maximum atomic E-state index is 12.3. The van der Waals surface area contributed by atoms with E-state index in [2.05, 4.69) is 17.0 Å². The lowest BCUT2D eigenvalue weighted by atomic mass is 9.84. The maximum absolute atomic E-state index is 12.3. The first kappa shape index (κ1) is 11.7. The number of likely N-dealkylation sites (tertiary alicyclic amines) is 2. The van der Waals surface area contributed by atoms with Crippen molar-refractivity contribution in [3.05, 3.63) is 17.5 Å². The molecule has 2 fully saturated rings. The van der Waals surface area contributed by atoms with Gasteiger partial charge in [0.25, 0.3) is 5.91 Å². The second kappa shape index (κ2) is 4.09. The standard InChI is InChI=1S/C13H19N3O2/c1-3-16-7-5-13(16)4-6-15(9-13)12(17)11-8-10(2)18-14-11/h8H,3-7,9H2,1-2H3. The lowest BCUT2D eigenvalue weighted by Crippen LogP contribution is -2.61. The van der Waals surface area contributed by atoms with E-state index in [1.165, 1.54) is 13.0 Å². The van der Waals surface area contributed by atoms with Crippen molar-refractivity contribution >= 4 is 5.91 Å². The van der Waals surface area contributed by atoms with Crippen molar-refractivity contribution in [1.29, 1.82) is 0 Å². The third-order valence-electron chi connectivity index (χ3n) is 4.37. The lowest BCUT2D eigenvalue weighted by molar-refractivity contribution is -0.000846. The van der Waals surface area contributed by atoms with Crippen LogP contribution >= 0.6 is 0 Å². The van der Waals surface area contributed by atoms with Crippen molar-refractivity contribution in [2.45, 2.75) is 32.2 Å². The Morgan fingerprint density at radius 3 is 2.83 bits per heavy atom. The van der Waals surface area contributed by atoms with Gasteiger partial charge in [-0.25, -0.2) is 0 Å². The molecule has 98 valence electrons. The summed E-state index contributed by atoms with van der Waals surface area (Å²) in [7, 11) is 0. The fourth-order valence-electron chi connectivity index (χ4n) is 3.20. The Morgan fingerprint density at radius 2 is 2.28 bits per heavy atom. The van der Waals surface area contributed by atoms with Gasteiger partial charge in [0.15, 0.2) is 5.69 Å². The van der Waals surface area contributed by atoms with Crippen molar-refractivity contribution in [2.24, 2.45) is 0 Å². The highest BCUT2D eigenvalue weighted by Crippen LogP contribution is 2.39. The van der Waals surface area contributed by atoms with E-state index in [0.717, 1.165) is 26.1 Å². The third-order valence-corrected chi connectivity index (χ3v) is 4.37. The smallest absolute Gasteiger partial charge is 0.276 e. The van der Waals surface area contributed by atoms with Crippen LogP contribution in [-0.4, -0.2) is 52.6 Å². The van der Waals surface area contributed by atoms with Crippen LogP contribution in [0.2, 0.25) is 0 Å². The molecule has 0 aromatic carbocycles. The number of hydrogen-bond acceptors (Lipinski definition) is 4. The number of aryl methyl sites for hydroxylation is 1. The second-order valence-electron chi connectivity index (χ2n) is 5.35. The Kier molecular flexibility index (Phi) is 2.66. The van der Waals surface area contributed by atoms with Crippen LogP contribution in [0.4, 0.5) is 0 Å². The summed E-state index contributed by atoms with van der Waals surface area (Å²) in [5, 5.41) is 3.81. The Bertz CT molecular complexity index is 469. The highest BCUT2D eigenvalue weighted by molar-refractivity contribution is 5.92. The molecule has 0 saturated carbocycles. The van der Waals surface area contributed by atoms with Crippen LogP contribution in [0.25, 0.3) is 0 Å². The molecule has 1 aromatic rings. The Balaban J connectivity index is 1.71. The van der Waals surface area contributed by atoms with Crippen LogP contribution in [0.15, 0.2) is 10.6 Å². The zero-order valence-corrected chi connectivity index (χ0v) is 11.0. The van der Waals surface area contributed by atoms with Crippen LogP contribution in [-0.2, 0) is 0 Å². The predicted octanol–water partition coefficient (Wildman–Crippen LogP) is 1.29. The van der Waals surface area contributed by atoms with Crippen molar-refractivity contribution in [1.82, 2.24) is 15.0 Å². The molecule has 1 unspecified atom stereocenters. The van der Waals surface area contributed by atoms with Gasteiger partial charge in [-0.1, -0.05) is 12.1 Å². The Hall–Kier alpha value is -1.36. The molecule has 1 atom stereocenters. The number of carbonyl (C=O) groups excluding carboxylic acids is 1. The lowest BCUT2D eigenvalue weighted by Gasteiger charge is -2.50. The van der Waals surface area contributed by atoms with Crippen molar-refractivity contribution < 1.29 is 9.32 Å². The molecule has 1 aromatic heterocycles. The van der Waals surface area contributed by atoms with Gasteiger partial charge in [0.1, 0.15) is 5.76 Å². The number of amides is 1. The second-order valence-corrected chi connectivity index (χ2v) is 5.35. The summed E-state index contributed by atoms with van der Waals surface area (Å²) in [6, 6.07) is 1.71. The summed E-state index contributed by atoms with van der Waals surface area (Å²) in [5.41, 5.74) is 0.690. The third kappa shape index (κ3) is 1.65. The number of aromatic nitrogens is 1. The molecule has 3 heterocycles. The summed E-state index contributed by atoms with van der Waals surface area (Å²) in [6.45, 7) is 7.91. The molecule has 5 nitrogen and oxygen atoms in total. The number of nitrogens with zero attached hydrogens (tertiary/aromatic N) is 3. The summed E-state index contributed by atoms with van der Waals surface area (Å²) in [6.07, 6.45) is 2.30. The van der Waals surface area contributed by atoms with Gasteiger partial charge in [-0.05, 0) is 26.3 Å². The Morgan fingerprint density at radius 1 is 1.50 bits per heavy atom. The van der Waals surface area contributed by atoms with Gasteiger partial charge in [-0.2, -0.15) is 0 Å². The number of likely N-dealkylation sites (N-methyl/N-ethyl adjacent to an activating group) is 1. The van der Waals surface area contributed by atoms with Crippen molar-refractivity contribution in [2.75, 3.05) is 26.2 Å². The first-order chi connectivity index (χ1) is 8.64. The zero-order chi connectivity index (χ0) is 12.8. The molecule has 0 radical (unpaired) electrons. The molecule has 2 saturated heterocycles. The van der Waals surface area contributed by atoms with Crippen molar-refractivity contribution in [3.63, 3.8) is 0 Å². The molecule has 0 aliphatic carbocycles. The SMILES string of the molecule is CCN1CCC12CCN(C(=O)c1cc(C)on1)C2. The average molecular weight is 249 g/mol. The van der Waals surface area contributed by atoms with Gasteiger partial charge in [0.05, 0.1) is 0 Å². The first-order valence-electron chi connectivity index (χ1n) is 6.62. The van der Waals surface area contributed by atoms with Crippen LogP contribution in [0.1, 0.15) is 36.0 Å². The molecule has 5 heteroatoms. The highest BCUT2D eigenvalue weighted by atomic mass is 16.5. The first-order valence-corrected chi connectivity index (χ1v) is 6.62. The fourth-order valence-corrected chi connectivity index (χ4v) is 3.20. The molecule has 2 aliphatic heterocycles. The molecular weight excluding hydrogens is 230 g/mol. The summed E-state index contributed by atoms with van der Waals surface area (Å²) < 4.78 is 4.97. The van der Waals surface area contributed by atoms with Crippen LogP contribution < -0.4 is 0 Å². The minimum absolute atomic E-state index is 0.00618. The zero-order valence-electron chi connectivity index (χ0n) is 11.0. The monoisotopic (exact) mass is 249 g/mol. The van der Waals surface area contributed by atoms with Gasteiger partial charge in [0.2, 0.25) is 0 Å². The molecule has 3 rings (SSSR count). The maximum Gasteiger partial charge on any atom is 0.276 e. The quantitative estimate of drug-likeness (QED) is 0.792. The summed E-state index contributed by atoms with van der Waals surface area (Å²) >= 11 is 0. The van der Waals surface area contributed by atoms with E-state index in [0.29, 0.717) is 11.5 Å². The predicted molar refractivity (Wildman–Crippen MR) is 66.4 cm³/mol. The molecule has 1 spiro atoms.